The molecule has 0 aliphatic rings. The minimum atomic E-state index is -0.246. The molecule has 2 N–H and O–H groups in total. The highest BCUT2D eigenvalue weighted by Gasteiger charge is 2.19. The maximum Gasteiger partial charge on any atom is 0.253 e. The molecule has 3 aromatic carbocycles. The van der Waals surface area contributed by atoms with Crippen LogP contribution in [-0.4, -0.2) is 17.1 Å². The number of para-hydroxylation sites is 1. The van der Waals surface area contributed by atoms with E-state index in [0.717, 1.165) is 11.3 Å². The molecular weight excluding hydrogens is 392 g/mol. The summed E-state index contributed by atoms with van der Waals surface area (Å²) >= 11 is 1.57. The van der Waals surface area contributed by atoms with Crippen molar-refractivity contribution in [3.8, 4) is 0 Å². The second-order valence-corrected chi connectivity index (χ2v) is 8.41. The van der Waals surface area contributed by atoms with Crippen molar-refractivity contribution in [2.45, 2.75) is 30.9 Å². The fraction of sp³-hybridized carbons (Fsp3) is 0.200. The average molecular weight is 419 g/mol. The van der Waals surface area contributed by atoms with Gasteiger partial charge in [-0.05, 0) is 37.1 Å². The van der Waals surface area contributed by atoms with E-state index in [4.69, 9.17) is 0 Å². The second kappa shape index (κ2) is 10.6. The zero-order valence-corrected chi connectivity index (χ0v) is 18.0. The summed E-state index contributed by atoms with van der Waals surface area (Å²) in [5.41, 5.74) is 3.18. The molecule has 2 amide bonds. The van der Waals surface area contributed by atoms with Crippen molar-refractivity contribution in [1.29, 1.82) is 0 Å². The number of carbonyl (C=O) groups excluding carboxylic acids is 2. The van der Waals surface area contributed by atoms with Crippen LogP contribution in [0.5, 0.6) is 0 Å². The Labute approximate surface area is 182 Å². The summed E-state index contributed by atoms with van der Waals surface area (Å²) in [6.07, 6.45) is 0. The molecular formula is C25H26N2O2S. The van der Waals surface area contributed by atoms with Crippen molar-refractivity contribution < 1.29 is 9.59 Å². The monoisotopic (exact) mass is 418 g/mol. The summed E-state index contributed by atoms with van der Waals surface area (Å²) in [5.74, 6) is 0.422. The number of rotatable bonds is 8. The van der Waals surface area contributed by atoms with E-state index >= 15 is 0 Å². The zero-order chi connectivity index (χ0) is 21.3. The Morgan fingerprint density at radius 2 is 1.43 bits per heavy atom. The summed E-state index contributed by atoms with van der Waals surface area (Å²) in [6, 6.07) is 26.8. The van der Waals surface area contributed by atoms with Crippen LogP contribution in [0.15, 0.2) is 84.9 Å². The second-order valence-electron chi connectivity index (χ2n) is 7.08. The maximum absolute atomic E-state index is 12.8. The largest absolute Gasteiger partial charge is 0.345 e. The quantitative estimate of drug-likeness (QED) is 0.512. The van der Waals surface area contributed by atoms with Crippen LogP contribution in [0.2, 0.25) is 0 Å². The molecule has 2 atom stereocenters. The minimum Gasteiger partial charge on any atom is -0.345 e. The number of anilines is 1. The van der Waals surface area contributed by atoms with Crippen LogP contribution in [0.25, 0.3) is 0 Å². The summed E-state index contributed by atoms with van der Waals surface area (Å²) in [7, 11) is 0. The lowest BCUT2D eigenvalue weighted by molar-refractivity contribution is -0.115. The van der Waals surface area contributed by atoms with Crippen molar-refractivity contribution >= 4 is 29.3 Å². The highest BCUT2D eigenvalue weighted by molar-refractivity contribution is 7.99. The number of hydrogen-bond donors (Lipinski definition) is 2. The third-order valence-electron chi connectivity index (χ3n) is 4.79. The molecule has 0 aliphatic heterocycles. The van der Waals surface area contributed by atoms with Gasteiger partial charge in [-0.15, -0.1) is 11.8 Å². The molecule has 0 saturated carbocycles. The SMILES string of the molecule is CC(SCc1ccccc1)C(=O)Nc1ccccc1C(=O)NC(C)c1ccccc1. The molecule has 5 heteroatoms. The average Bonchev–Trinajstić information content (AvgIpc) is 2.79. The maximum atomic E-state index is 12.8. The fourth-order valence-corrected chi connectivity index (χ4v) is 3.84. The molecule has 30 heavy (non-hydrogen) atoms. The van der Waals surface area contributed by atoms with Gasteiger partial charge in [-0.25, -0.2) is 0 Å². The number of benzene rings is 3. The van der Waals surface area contributed by atoms with Crippen LogP contribution >= 0.6 is 11.8 Å². The summed E-state index contributed by atoms with van der Waals surface area (Å²) in [6.45, 7) is 3.82. The predicted molar refractivity (Wildman–Crippen MR) is 125 cm³/mol. The Hall–Kier alpha value is -3.05. The van der Waals surface area contributed by atoms with E-state index in [9.17, 15) is 9.59 Å². The molecule has 3 rings (SSSR count). The Morgan fingerprint density at radius 1 is 0.833 bits per heavy atom. The first-order valence-electron chi connectivity index (χ1n) is 9.96. The van der Waals surface area contributed by atoms with Gasteiger partial charge >= 0.3 is 0 Å². The van der Waals surface area contributed by atoms with Crippen molar-refractivity contribution in [1.82, 2.24) is 5.32 Å². The number of hydrogen-bond acceptors (Lipinski definition) is 3. The zero-order valence-electron chi connectivity index (χ0n) is 17.2. The van der Waals surface area contributed by atoms with Crippen LogP contribution < -0.4 is 10.6 Å². The lowest BCUT2D eigenvalue weighted by Crippen LogP contribution is -2.29. The predicted octanol–water partition coefficient (Wildman–Crippen LogP) is 5.44. The van der Waals surface area contributed by atoms with Crippen molar-refractivity contribution in [2.75, 3.05) is 5.32 Å². The van der Waals surface area contributed by atoms with E-state index in [1.54, 1.807) is 30.0 Å². The number of carbonyl (C=O) groups is 2. The summed E-state index contributed by atoms with van der Waals surface area (Å²) in [5, 5.41) is 5.68. The van der Waals surface area contributed by atoms with E-state index in [2.05, 4.69) is 10.6 Å². The number of amides is 2. The third-order valence-corrected chi connectivity index (χ3v) is 6.00. The molecule has 154 valence electrons. The molecule has 3 aromatic rings. The number of thioether (sulfide) groups is 1. The molecule has 4 nitrogen and oxygen atoms in total. The molecule has 0 radical (unpaired) electrons. The normalized spacial score (nSPS) is 12.6. The van der Waals surface area contributed by atoms with Gasteiger partial charge in [0.2, 0.25) is 5.91 Å². The van der Waals surface area contributed by atoms with E-state index in [1.807, 2.05) is 80.6 Å². The smallest absolute Gasteiger partial charge is 0.253 e. The highest BCUT2D eigenvalue weighted by atomic mass is 32.2. The van der Waals surface area contributed by atoms with Gasteiger partial charge in [-0.2, -0.15) is 0 Å². The Bertz CT molecular complexity index is 977. The number of nitrogens with one attached hydrogen (secondary N) is 2. The first-order chi connectivity index (χ1) is 14.5. The Morgan fingerprint density at radius 3 is 2.13 bits per heavy atom. The van der Waals surface area contributed by atoms with Gasteiger partial charge in [0.25, 0.3) is 5.91 Å². The van der Waals surface area contributed by atoms with E-state index in [1.165, 1.54) is 5.56 Å². The molecule has 0 bridgehead atoms. The molecule has 0 fully saturated rings. The van der Waals surface area contributed by atoms with Gasteiger partial charge in [-0.1, -0.05) is 72.8 Å². The topological polar surface area (TPSA) is 58.2 Å². The lowest BCUT2D eigenvalue weighted by Gasteiger charge is -2.17. The molecule has 0 saturated heterocycles. The van der Waals surface area contributed by atoms with Crippen LogP contribution in [0.3, 0.4) is 0 Å². The van der Waals surface area contributed by atoms with E-state index < -0.39 is 0 Å². The molecule has 0 heterocycles. The lowest BCUT2D eigenvalue weighted by atomic mass is 10.1. The summed E-state index contributed by atoms with van der Waals surface area (Å²) in [4.78, 5) is 25.5. The fourth-order valence-electron chi connectivity index (χ4n) is 3.00. The van der Waals surface area contributed by atoms with Crippen LogP contribution in [0, 0.1) is 0 Å². The molecule has 0 aromatic heterocycles. The molecule has 0 aliphatic carbocycles. The van der Waals surface area contributed by atoms with Gasteiger partial charge in [-0.3, -0.25) is 9.59 Å². The van der Waals surface area contributed by atoms with Crippen molar-refractivity contribution in [3.63, 3.8) is 0 Å². The van der Waals surface area contributed by atoms with Gasteiger partial charge < -0.3 is 10.6 Å². The molecule has 2 unspecified atom stereocenters. The third kappa shape index (κ3) is 5.97. The van der Waals surface area contributed by atoms with Crippen LogP contribution in [0.4, 0.5) is 5.69 Å². The van der Waals surface area contributed by atoms with Crippen LogP contribution in [0.1, 0.15) is 41.4 Å². The standard InChI is InChI=1S/C25H26N2O2S/c1-18(21-13-7-4-8-14-21)26-25(29)22-15-9-10-16-23(22)27-24(28)19(2)30-17-20-11-5-3-6-12-20/h3-16,18-19H,17H2,1-2H3,(H,26,29)(H,27,28). The van der Waals surface area contributed by atoms with Gasteiger partial charge in [0, 0.05) is 5.75 Å². The van der Waals surface area contributed by atoms with Crippen molar-refractivity contribution in [3.05, 3.63) is 102 Å². The molecule has 0 spiro atoms. The van der Waals surface area contributed by atoms with Crippen molar-refractivity contribution in [2.24, 2.45) is 0 Å². The Kier molecular flexibility index (Phi) is 7.69. The minimum absolute atomic E-state index is 0.118. The highest BCUT2D eigenvalue weighted by Crippen LogP contribution is 2.22. The van der Waals surface area contributed by atoms with Gasteiger partial charge in [0.1, 0.15) is 0 Å². The van der Waals surface area contributed by atoms with Gasteiger partial charge in [0.05, 0.1) is 22.5 Å². The first kappa shape index (κ1) is 21.7. The summed E-state index contributed by atoms with van der Waals surface area (Å²) < 4.78 is 0. The Balaban J connectivity index is 1.62. The van der Waals surface area contributed by atoms with Gasteiger partial charge in [0.15, 0.2) is 0 Å². The first-order valence-corrected chi connectivity index (χ1v) is 11.0. The van der Waals surface area contributed by atoms with E-state index in [0.29, 0.717) is 11.3 Å². The van der Waals surface area contributed by atoms with E-state index in [-0.39, 0.29) is 23.1 Å². The van der Waals surface area contributed by atoms with Crippen LogP contribution in [-0.2, 0) is 10.5 Å².